The maximum absolute atomic E-state index is 2.46. The molecule has 0 aliphatic rings. The van der Waals surface area contributed by atoms with Crippen molar-refractivity contribution in [2.45, 2.75) is 0 Å². The molecule has 0 spiro atoms. The standard InChI is InChI=1S/AsI3/c2-1(3)4/i1-4. The van der Waals surface area contributed by atoms with Crippen molar-refractivity contribution in [3.05, 3.63) is 0 Å². The Balaban J connectivity index is 2.32. The minimum absolute atomic E-state index is 0.278. The van der Waals surface area contributed by atoms with Crippen molar-refractivity contribution in [1.82, 2.24) is 0 Å². The Bertz CT molecular complexity index is 8.00. The second-order valence-corrected chi connectivity index (χ2v) is 44.8. The molecule has 0 aromatic rings. The first-order valence-electron chi connectivity index (χ1n) is 0.507. The van der Waals surface area contributed by atoms with Crippen LogP contribution in [0.3, 0.4) is 0 Å². The molecule has 0 aromatic carbocycles. The number of hydrogen-bond acceptors (Lipinski definition) is 0. The van der Waals surface area contributed by atoms with Crippen LogP contribution in [0, 0.1) is 0 Å². The molecule has 0 rings (SSSR count). The molecule has 0 fully saturated rings. The van der Waals surface area contributed by atoms with Gasteiger partial charge >= 0.3 is 65.0 Å². The molecule has 0 saturated carbocycles. The average Bonchev–Trinajstić information content (AvgIpc) is 0.811. The van der Waals surface area contributed by atoms with Gasteiger partial charge in [-0.3, -0.25) is 0 Å². The zero-order valence-corrected chi connectivity index (χ0v) is 9.93. The molecule has 0 aliphatic heterocycles. The van der Waals surface area contributed by atoms with Gasteiger partial charge in [-0.05, 0) is 0 Å². The average molecular weight is 452 g/mol. The molecule has 4 heteroatoms. The predicted octanol–water partition coefficient (Wildman–Crippen LogP) is 2.28. The van der Waals surface area contributed by atoms with E-state index in [1.54, 1.807) is 0 Å². The topological polar surface area (TPSA) is 0 Å². The SMILES string of the molecule is I[71As](I)I. The zero-order chi connectivity index (χ0) is 3.58. The summed E-state index contributed by atoms with van der Waals surface area (Å²) >= 11 is 7.39. The molecule has 0 unspecified atom stereocenters. The van der Waals surface area contributed by atoms with Crippen molar-refractivity contribution in [3.63, 3.8) is 0 Å². The summed E-state index contributed by atoms with van der Waals surface area (Å²) in [5, 5.41) is 0. The third-order valence-corrected chi connectivity index (χ3v) is 0. The molecule has 26 valence electrons. The first kappa shape index (κ1) is 6.75. The van der Waals surface area contributed by atoms with Gasteiger partial charge in [0.15, 0.2) is 0 Å². The van der Waals surface area contributed by atoms with Crippen molar-refractivity contribution < 1.29 is 0 Å². The van der Waals surface area contributed by atoms with Crippen molar-refractivity contribution in [2.24, 2.45) is 0 Å². The third kappa shape index (κ3) is 8.83. The summed E-state index contributed by atoms with van der Waals surface area (Å²) in [5.41, 5.74) is 0. The van der Waals surface area contributed by atoms with Gasteiger partial charge in [-0.15, -0.1) is 0 Å². The molecular weight excluding hydrogens is 452 g/mol. The number of rotatable bonds is 0. The Morgan fingerprint density at radius 3 is 1.00 bits per heavy atom. The fourth-order valence-corrected chi connectivity index (χ4v) is 0. The Kier molecular flexibility index (Phi) is 6.62. The maximum atomic E-state index is 2.46. The molecule has 0 aliphatic carbocycles. The molecule has 0 nitrogen and oxygen atoms in total. The van der Waals surface area contributed by atoms with E-state index in [2.05, 4.69) is 60.4 Å². The van der Waals surface area contributed by atoms with Gasteiger partial charge in [0.1, 0.15) is 0 Å². The fourth-order valence-electron chi connectivity index (χ4n) is 0. The van der Waals surface area contributed by atoms with E-state index in [9.17, 15) is 0 Å². The van der Waals surface area contributed by atoms with E-state index in [1.165, 1.54) is 0 Å². The van der Waals surface area contributed by atoms with Crippen LogP contribution in [0.25, 0.3) is 0 Å². The van der Waals surface area contributed by atoms with Gasteiger partial charge in [0.2, 0.25) is 0 Å². The number of halogens is 3. The van der Waals surface area contributed by atoms with Crippen LogP contribution in [0.15, 0.2) is 0 Å². The second kappa shape index (κ2) is 3.92. The Morgan fingerprint density at radius 1 is 1.00 bits per heavy atom. The minimum atomic E-state index is -0.278. The van der Waals surface area contributed by atoms with Crippen molar-refractivity contribution in [3.8, 4) is 0 Å². The van der Waals surface area contributed by atoms with E-state index in [4.69, 9.17) is 0 Å². The van der Waals surface area contributed by atoms with Gasteiger partial charge in [0, 0.05) is 0 Å². The second-order valence-electron chi connectivity index (χ2n) is 0.192. The summed E-state index contributed by atoms with van der Waals surface area (Å²) in [6, 6.07) is 0. The predicted molar refractivity (Wildman–Crippen MR) is 47.8 cm³/mol. The molecule has 0 atom stereocenters. The van der Waals surface area contributed by atoms with Gasteiger partial charge in [-0.1, -0.05) is 0 Å². The van der Waals surface area contributed by atoms with E-state index in [0.717, 1.165) is 0 Å². The van der Waals surface area contributed by atoms with Crippen LogP contribution in [0.2, 0.25) is 0 Å². The summed E-state index contributed by atoms with van der Waals surface area (Å²) in [4.78, 5) is 0. The Hall–Kier alpha value is 2.75. The first-order chi connectivity index (χ1) is 1.73. The summed E-state index contributed by atoms with van der Waals surface area (Å²) in [7, 11) is 0. The normalized spacial score (nSPS) is 9.00. The van der Waals surface area contributed by atoms with E-state index in [-0.39, 0.29) is 4.61 Å². The molecule has 0 bridgehead atoms. The molecule has 0 aromatic heterocycles. The number of hydrogen-bond donors (Lipinski definition) is 0. The van der Waals surface area contributed by atoms with Crippen LogP contribution >= 0.6 is 60.4 Å². The third-order valence-electron chi connectivity index (χ3n) is 0. The fraction of sp³-hybridized carbons (Fsp3) is 0. The van der Waals surface area contributed by atoms with Gasteiger partial charge in [0.05, 0.1) is 0 Å². The van der Waals surface area contributed by atoms with Crippen LogP contribution in [0.5, 0.6) is 0 Å². The van der Waals surface area contributed by atoms with Gasteiger partial charge in [0.25, 0.3) is 0 Å². The van der Waals surface area contributed by atoms with E-state index in [0.29, 0.717) is 0 Å². The van der Waals surface area contributed by atoms with Crippen LogP contribution in [0.4, 0.5) is 0 Å². The molecule has 0 N–H and O–H groups in total. The van der Waals surface area contributed by atoms with Crippen molar-refractivity contribution in [2.75, 3.05) is 0 Å². The van der Waals surface area contributed by atoms with Crippen LogP contribution in [-0.2, 0) is 0 Å². The van der Waals surface area contributed by atoms with Crippen molar-refractivity contribution >= 4 is 65.0 Å². The molecule has 0 heterocycles. The molecule has 0 saturated heterocycles. The van der Waals surface area contributed by atoms with Crippen LogP contribution < -0.4 is 0 Å². The van der Waals surface area contributed by atoms with Gasteiger partial charge in [-0.2, -0.15) is 0 Å². The summed E-state index contributed by atoms with van der Waals surface area (Å²) in [5.74, 6) is 0. The Labute approximate surface area is 63.3 Å². The summed E-state index contributed by atoms with van der Waals surface area (Å²) in [6.07, 6.45) is 0. The summed E-state index contributed by atoms with van der Waals surface area (Å²) < 4.78 is -0.278. The van der Waals surface area contributed by atoms with Crippen LogP contribution in [-0.4, -0.2) is 4.61 Å². The molecule has 0 amide bonds. The molecule has 0 radical (unpaired) electrons. The zero-order valence-electron chi connectivity index (χ0n) is 1.58. The van der Waals surface area contributed by atoms with E-state index >= 15 is 0 Å². The van der Waals surface area contributed by atoms with Gasteiger partial charge in [-0.25, -0.2) is 0 Å². The van der Waals surface area contributed by atoms with Gasteiger partial charge < -0.3 is 0 Å². The van der Waals surface area contributed by atoms with E-state index < -0.39 is 0 Å². The molecule has 4 heavy (non-hydrogen) atoms. The van der Waals surface area contributed by atoms with Crippen LogP contribution in [0.1, 0.15) is 0 Å². The quantitative estimate of drug-likeness (QED) is 0.392. The monoisotopic (exact) mass is 452 g/mol. The molecular formula is AsI3. The van der Waals surface area contributed by atoms with E-state index in [1.807, 2.05) is 0 Å². The first-order valence-corrected chi connectivity index (χ1v) is 17.7. The summed E-state index contributed by atoms with van der Waals surface area (Å²) in [6.45, 7) is 0. The Morgan fingerprint density at radius 2 is 1.00 bits per heavy atom. The van der Waals surface area contributed by atoms with Crippen molar-refractivity contribution in [1.29, 1.82) is 0 Å².